The highest BCUT2D eigenvalue weighted by atomic mass is 32.2. The molecule has 0 unspecified atom stereocenters. The lowest BCUT2D eigenvalue weighted by Gasteiger charge is -2.13. The Labute approximate surface area is 114 Å². The van der Waals surface area contributed by atoms with Crippen molar-refractivity contribution in [2.45, 2.75) is 17.8 Å². The van der Waals surface area contributed by atoms with Crippen LogP contribution >= 0.6 is 0 Å². The molecule has 0 aliphatic carbocycles. The second-order valence-corrected chi connectivity index (χ2v) is 6.23. The van der Waals surface area contributed by atoms with Crippen LogP contribution in [0.3, 0.4) is 0 Å². The molecule has 0 spiro atoms. The standard InChI is InChI=1S/C12H12F2N2O3S/c1-20(18,19)12-15-4-5-16(12)7-11(17)8-2-3-9(13)10(14)6-8/h2-6,11,17H,7H2,1H3/t11-/m0/s1. The number of imidazole rings is 1. The summed E-state index contributed by atoms with van der Waals surface area (Å²) in [5.41, 5.74) is 0.150. The Bertz CT molecular complexity index is 728. The predicted octanol–water partition coefficient (Wildman–Crippen LogP) is 1.30. The van der Waals surface area contributed by atoms with Gasteiger partial charge in [-0.2, -0.15) is 0 Å². The largest absolute Gasteiger partial charge is 0.387 e. The summed E-state index contributed by atoms with van der Waals surface area (Å²) in [5, 5.41) is 9.77. The number of nitrogens with zero attached hydrogens (tertiary/aromatic N) is 2. The van der Waals surface area contributed by atoms with Crippen molar-refractivity contribution in [2.75, 3.05) is 6.26 Å². The Balaban J connectivity index is 2.26. The number of halogens is 2. The number of benzene rings is 1. The van der Waals surface area contributed by atoms with E-state index in [9.17, 15) is 22.3 Å². The summed E-state index contributed by atoms with van der Waals surface area (Å²) < 4.78 is 50.0. The maximum Gasteiger partial charge on any atom is 0.227 e. The van der Waals surface area contributed by atoms with Crippen molar-refractivity contribution in [3.05, 3.63) is 47.8 Å². The molecule has 1 aromatic heterocycles. The van der Waals surface area contributed by atoms with Gasteiger partial charge in [-0.15, -0.1) is 0 Å². The van der Waals surface area contributed by atoms with Gasteiger partial charge in [0, 0.05) is 18.6 Å². The number of aliphatic hydroxyl groups is 1. The Kier molecular flexibility index (Phi) is 3.87. The summed E-state index contributed by atoms with van der Waals surface area (Å²) >= 11 is 0. The van der Waals surface area contributed by atoms with Crippen molar-refractivity contribution < 1.29 is 22.3 Å². The van der Waals surface area contributed by atoms with Gasteiger partial charge in [-0.05, 0) is 17.7 Å². The van der Waals surface area contributed by atoms with E-state index < -0.39 is 27.6 Å². The fourth-order valence-corrected chi connectivity index (χ4v) is 2.59. The molecule has 20 heavy (non-hydrogen) atoms. The lowest BCUT2D eigenvalue weighted by Crippen LogP contribution is -2.14. The molecular weight excluding hydrogens is 290 g/mol. The molecule has 0 bridgehead atoms. The Morgan fingerprint density at radius 1 is 1.35 bits per heavy atom. The summed E-state index contributed by atoms with van der Waals surface area (Å²) in [6.45, 7) is -0.131. The van der Waals surface area contributed by atoms with Gasteiger partial charge in [-0.25, -0.2) is 22.2 Å². The zero-order valence-corrected chi connectivity index (χ0v) is 11.3. The number of sulfone groups is 1. The molecule has 1 heterocycles. The summed E-state index contributed by atoms with van der Waals surface area (Å²) in [6, 6.07) is 3.01. The monoisotopic (exact) mass is 302 g/mol. The van der Waals surface area contributed by atoms with Crippen molar-refractivity contribution >= 4 is 9.84 Å². The van der Waals surface area contributed by atoms with Crippen LogP contribution in [0.2, 0.25) is 0 Å². The minimum absolute atomic E-state index is 0.131. The Morgan fingerprint density at radius 3 is 2.65 bits per heavy atom. The molecule has 108 valence electrons. The molecule has 2 aromatic rings. The molecule has 1 atom stereocenters. The van der Waals surface area contributed by atoms with E-state index in [2.05, 4.69) is 4.98 Å². The highest BCUT2D eigenvalue weighted by Crippen LogP contribution is 2.19. The quantitative estimate of drug-likeness (QED) is 0.924. The van der Waals surface area contributed by atoms with Crippen molar-refractivity contribution in [3.8, 4) is 0 Å². The maximum absolute atomic E-state index is 13.1. The van der Waals surface area contributed by atoms with E-state index in [-0.39, 0.29) is 17.3 Å². The summed E-state index contributed by atoms with van der Waals surface area (Å²) in [4.78, 5) is 3.70. The van der Waals surface area contributed by atoms with Gasteiger partial charge in [-0.3, -0.25) is 0 Å². The van der Waals surface area contributed by atoms with Gasteiger partial charge in [0.15, 0.2) is 11.6 Å². The highest BCUT2D eigenvalue weighted by molar-refractivity contribution is 7.90. The van der Waals surface area contributed by atoms with E-state index >= 15 is 0 Å². The van der Waals surface area contributed by atoms with E-state index in [0.29, 0.717) is 0 Å². The molecule has 1 N–H and O–H groups in total. The summed E-state index contributed by atoms with van der Waals surface area (Å²) in [6.07, 6.45) is 2.49. The summed E-state index contributed by atoms with van der Waals surface area (Å²) in [5.74, 6) is -2.09. The zero-order chi connectivity index (χ0) is 14.9. The molecule has 0 fully saturated rings. The van der Waals surface area contributed by atoms with Crippen LogP contribution in [0, 0.1) is 11.6 Å². The van der Waals surface area contributed by atoms with Crippen LogP contribution in [-0.2, 0) is 16.4 Å². The lowest BCUT2D eigenvalue weighted by atomic mass is 10.1. The first-order chi connectivity index (χ1) is 9.29. The minimum Gasteiger partial charge on any atom is -0.387 e. The molecule has 0 aliphatic rings. The highest BCUT2D eigenvalue weighted by Gasteiger charge is 2.18. The first-order valence-corrected chi connectivity index (χ1v) is 7.52. The van der Waals surface area contributed by atoms with Gasteiger partial charge in [0.05, 0.1) is 12.6 Å². The van der Waals surface area contributed by atoms with Gasteiger partial charge in [0.2, 0.25) is 15.0 Å². The normalized spacial score (nSPS) is 13.4. The second-order valence-electron chi connectivity index (χ2n) is 4.32. The number of hydrogen-bond donors (Lipinski definition) is 1. The zero-order valence-electron chi connectivity index (χ0n) is 10.5. The van der Waals surface area contributed by atoms with Gasteiger partial charge in [-0.1, -0.05) is 6.07 Å². The molecule has 0 saturated heterocycles. The van der Waals surface area contributed by atoms with Gasteiger partial charge in [0.1, 0.15) is 0 Å². The van der Waals surface area contributed by atoms with Crippen LogP contribution in [0.4, 0.5) is 8.78 Å². The smallest absolute Gasteiger partial charge is 0.227 e. The number of aliphatic hydroxyl groups excluding tert-OH is 1. The van der Waals surface area contributed by atoms with E-state index in [4.69, 9.17) is 0 Å². The maximum atomic E-state index is 13.1. The van der Waals surface area contributed by atoms with Crippen molar-refractivity contribution in [2.24, 2.45) is 0 Å². The predicted molar refractivity (Wildman–Crippen MR) is 66.7 cm³/mol. The van der Waals surface area contributed by atoms with Gasteiger partial charge >= 0.3 is 0 Å². The molecule has 8 heteroatoms. The fraction of sp³-hybridized carbons (Fsp3) is 0.250. The fourth-order valence-electron chi connectivity index (χ4n) is 1.77. The van der Waals surface area contributed by atoms with Crippen LogP contribution in [0.25, 0.3) is 0 Å². The lowest BCUT2D eigenvalue weighted by molar-refractivity contribution is 0.152. The van der Waals surface area contributed by atoms with Crippen LogP contribution in [0.15, 0.2) is 35.7 Å². The number of aromatic nitrogens is 2. The van der Waals surface area contributed by atoms with E-state index in [1.807, 2.05) is 0 Å². The second kappa shape index (κ2) is 5.29. The van der Waals surface area contributed by atoms with Crippen molar-refractivity contribution in [1.82, 2.24) is 9.55 Å². The minimum atomic E-state index is -3.53. The van der Waals surface area contributed by atoms with Gasteiger partial charge in [0.25, 0.3) is 0 Å². The first kappa shape index (κ1) is 14.6. The van der Waals surface area contributed by atoms with E-state index in [0.717, 1.165) is 18.4 Å². The molecule has 0 amide bonds. The van der Waals surface area contributed by atoms with Gasteiger partial charge < -0.3 is 9.67 Å². The molecule has 0 aliphatic heterocycles. The third-order valence-electron chi connectivity index (χ3n) is 2.71. The number of rotatable bonds is 4. The molecule has 5 nitrogen and oxygen atoms in total. The molecule has 0 saturated carbocycles. The Morgan fingerprint density at radius 2 is 2.05 bits per heavy atom. The molecule has 1 aromatic carbocycles. The van der Waals surface area contributed by atoms with Crippen LogP contribution < -0.4 is 0 Å². The molecule has 2 rings (SSSR count). The third-order valence-corrected chi connectivity index (χ3v) is 3.71. The average Bonchev–Trinajstić information content (AvgIpc) is 2.80. The summed E-state index contributed by atoms with van der Waals surface area (Å²) in [7, 11) is -3.53. The van der Waals surface area contributed by atoms with Crippen LogP contribution in [0.1, 0.15) is 11.7 Å². The average molecular weight is 302 g/mol. The van der Waals surface area contributed by atoms with E-state index in [1.165, 1.54) is 23.0 Å². The SMILES string of the molecule is CS(=O)(=O)c1nccn1C[C@H](O)c1ccc(F)c(F)c1. The van der Waals surface area contributed by atoms with Crippen LogP contribution in [0.5, 0.6) is 0 Å². The van der Waals surface area contributed by atoms with Crippen molar-refractivity contribution in [3.63, 3.8) is 0 Å². The van der Waals surface area contributed by atoms with E-state index in [1.54, 1.807) is 0 Å². The van der Waals surface area contributed by atoms with Crippen molar-refractivity contribution in [1.29, 1.82) is 0 Å². The first-order valence-electron chi connectivity index (χ1n) is 5.63. The topological polar surface area (TPSA) is 72.2 Å². The number of hydrogen-bond acceptors (Lipinski definition) is 4. The Hall–Kier alpha value is -1.80. The molecule has 0 radical (unpaired) electrons. The third kappa shape index (κ3) is 3.02. The van der Waals surface area contributed by atoms with Crippen LogP contribution in [-0.4, -0.2) is 29.3 Å². The molecular formula is C12H12F2N2O3S.